The van der Waals surface area contributed by atoms with Gasteiger partial charge in [-0.3, -0.25) is 9.48 Å². The largest absolute Gasteiger partial charge is 0.460 e. The molecule has 1 N–H and O–H groups in total. The zero-order valence-corrected chi connectivity index (χ0v) is 11.6. The van der Waals surface area contributed by atoms with Crippen molar-refractivity contribution in [2.75, 3.05) is 0 Å². The van der Waals surface area contributed by atoms with Crippen molar-refractivity contribution in [1.29, 1.82) is 0 Å². The van der Waals surface area contributed by atoms with E-state index in [2.05, 4.69) is 5.10 Å². The number of amides is 1. The quantitative estimate of drug-likeness (QED) is 0.825. The molecule has 1 aromatic heterocycles. The molecule has 0 aliphatic carbocycles. The lowest BCUT2D eigenvalue weighted by Gasteiger charge is -2.26. The van der Waals surface area contributed by atoms with Gasteiger partial charge in [0.2, 0.25) is 0 Å². The zero-order valence-electron chi connectivity index (χ0n) is 10.8. The molecule has 0 aliphatic heterocycles. The Morgan fingerprint density at radius 2 is 1.82 bits per heavy atom. The summed E-state index contributed by atoms with van der Waals surface area (Å²) in [7, 11) is 0. The lowest BCUT2D eigenvalue weighted by Crippen LogP contribution is -2.59. The van der Waals surface area contributed by atoms with Crippen LogP contribution in [0.5, 0.6) is 0 Å². The summed E-state index contributed by atoms with van der Waals surface area (Å²) in [5.41, 5.74) is -0.150. The number of alkyl halides is 7. The number of rotatable bonds is 5. The van der Waals surface area contributed by atoms with Gasteiger partial charge in [-0.2, -0.15) is 35.8 Å². The normalized spacial score (nSPS) is 13.3. The maximum Gasteiger partial charge on any atom is 0.460 e. The van der Waals surface area contributed by atoms with Gasteiger partial charge < -0.3 is 5.32 Å². The van der Waals surface area contributed by atoms with Crippen LogP contribution in [0.2, 0.25) is 5.02 Å². The lowest BCUT2D eigenvalue weighted by molar-refractivity contribution is -0.344. The number of aromatic nitrogens is 2. The number of hydrogen-bond donors (Lipinski definition) is 1. The molecule has 0 fully saturated rings. The Balaban J connectivity index is 2.85. The first-order valence-electron chi connectivity index (χ1n) is 5.67. The van der Waals surface area contributed by atoms with Gasteiger partial charge in [0.05, 0.1) is 11.6 Å². The Labute approximate surface area is 124 Å². The number of hydrogen-bond acceptors (Lipinski definition) is 2. The second-order valence-electron chi connectivity index (χ2n) is 4.11. The van der Waals surface area contributed by atoms with Crippen molar-refractivity contribution in [3.63, 3.8) is 0 Å². The summed E-state index contributed by atoms with van der Waals surface area (Å²) in [5, 5.41) is 4.91. The molecular weight excluding hydrogens is 347 g/mol. The van der Waals surface area contributed by atoms with Gasteiger partial charge in [-0.1, -0.05) is 11.6 Å². The Bertz CT molecular complexity index is 555. The summed E-state index contributed by atoms with van der Waals surface area (Å²) in [6, 6.07) is 0. The van der Waals surface area contributed by atoms with Gasteiger partial charge in [-0.25, -0.2) is 0 Å². The summed E-state index contributed by atoms with van der Waals surface area (Å²) in [5.74, 6) is -15.3. The third kappa shape index (κ3) is 3.28. The molecular formula is C10H9ClF7N3O. The summed E-state index contributed by atoms with van der Waals surface area (Å²) >= 11 is 5.63. The van der Waals surface area contributed by atoms with Gasteiger partial charge in [-0.05, 0) is 6.92 Å². The minimum absolute atomic E-state index is 0.0620. The topological polar surface area (TPSA) is 46.9 Å². The summed E-state index contributed by atoms with van der Waals surface area (Å²) < 4.78 is 88.3. The van der Waals surface area contributed by atoms with E-state index in [1.807, 2.05) is 0 Å². The first-order valence-corrected chi connectivity index (χ1v) is 6.04. The number of carbonyl (C=O) groups is 1. The molecule has 126 valence electrons. The fraction of sp³-hybridized carbons (Fsp3) is 0.600. The fourth-order valence-electron chi connectivity index (χ4n) is 1.31. The number of aryl methyl sites for hydroxylation is 1. The van der Waals surface area contributed by atoms with Gasteiger partial charge in [-0.15, -0.1) is 0 Å². The second kappa shape index (κ2) is 5.94. The van der Waals surface area contributed by atoms with E-state index in [0.29, 0.717) is 6.54 Å². The highest BCUT2D eigenvalue weighted by molar-refractivity contribution is 6.31. The highest BCUT2D eigenvalue weighted by atomic mass is 35.5. The fourth-order valence-corrected chi connectivity index (χ4v) is 1.53. The van der Waals surface area contributed by atoms with E-state index in [1.165, 1.54) is 16.2 Å². The van der Waals surface area contributed by atoms with E-state index < -0.39 is 30.5 Å². The van der Waals surface area contributed by atoms with Crippen molar-refractivity contribution >= 4 is 17.5 Å². The lowest BCUT2D eigenvalue weighted by atomic mass is 10.1. The smallest absolute Gasteiger partial charge is 0.345 e. The molecule has 0 unspecified atom stereocenters. The van der Waals surface area contributed by atoms with Crippen LogP contribution in [-0.4, -0.2) is 33.7 Å². The van der Waals surface area contributed by atoms with Crippen LogP contribution in [0.15, 0.2) is 6.20 Å². The van der Waals surface area contributed by atoms with Crippen molar-refractivity contribution in [3.8, 4) is 0 Å². The van der Waals surface area contributed by atoms with Crippen LogP contribution >= 0.6 is 11.6 Å². The van der Waals surface area contributed by atoms with E-state index in [1.54, 1.807) is 6.92 Å². The molecule has 1 amide bonds. The molecule has 1 heterocycles. The number of carbonyl (C=O) groups excluding carboxylic acids is 1. The second-order valence-corrected chi connectivity index (χ2v) is 4.52. The van der Waals surface area contributed by atoms with Gasteiger partial charge in [0, 0.05) is 12.7 Å². The molecule has 1 rings (SSSR count). The SMILES string of the molecule is CCn1cc(Cl)c(CNC(=O)C(F)(F)C(F)(F)C(F)(F)F)n1. The molecule has 0 spiro atoms. The van der Waals surface area contributed by atoms with Gasteiger partial charge >= 0.3 is 18.0 Å². The first kappa shape index (κ1) is 18.5. The zero-order chi connectivity index (χ0) is 17.3. The third-order valence-electron chi connectivity index (χ3n) is 2.56. The maximum atomic E-state index is 13.0. The van der Waals surface area contributed by atoms with E-state index in [0.717, 1.165) is 0 Å². The van der Waals surface area contributed by atoms with Crippen LogP contribution in [0.25, 0.3) is 0 Å². The number of nitrogens with one attached hydrogen (secondary N) is 1. The average Bonchev–Trinajstić information content (AvgIpc) is 2.75. The maximum absolute atomic E-state index is 13.0. The van der Waals surface area contributed by atoms with Crippen LogP contribution in [0.1, 0.15) is 12.6 Å². The Morgan fingerprint density at radius 1 is 1.27 bits per heavy atom. The first-order chi connectivity index (χ1) is 9.84. The molecule has 1 aromatic rings. The van der Waals surface area contributed by atoms with Gasteiger partial charge in [0.25, 0.3) is 5.91 Å². The number of nitrogens with zero attached hydrogens (tertiary/aromatic N) is 2. The van der Waals surface area contributed by atoms with Crippen LogP contribution in [0.3, 0.4) is 0 Å². The molecule has 0 aromatic carbocycles. The standard InChI is InChI=1S/C10H9ClF7N3O/c1-2-21-4-5(11)6(20-21)3-19-7(22)8(12,13)9(14,15)10(16,17)18/h4H,2-3H2,1H3,(H,19,22). The molecule has 12 heteroatoms. The Hall–Kier alpha value is -1.52. The minimum atomic E-state index is -6.57. The van der Waals surface area contributed by atoms with Crippen molar-refractivity contribution in [3.05, 3.63) is 16.9 Å². The van der Waals surface area contributed by atoms with E-state index in [-0.39, 0.29) is 10.7 Å². The molecule has 0 radical (unpaired) electrons. The highest BCUT2D eigenvalue weighted by Gasteiger charge is 2.76. The molecule has 0 saturated heterocycles. The van der Waals surface area contributed by atoms with Crippen molar-refractivity contribution in [2.24, 2.45) is 0 Å². The van der Waals surface area contributed by atoms with Gasteiger partial charge in [0.15, 0.2) is 0 Å². The van der Waals surface area contributed by atoms with Crippen molar-refractivity contribution < 1.29 is 35.5 Å². The van der Waals surface area contributed by atoms with Gasteiger partial charge in [0.1, 0.15) is 5.69 Å². The molecule has 0 saturated carbocycles. The highest BCUT2D eigenvalue weighted by Crippen LogP contribution is 2.46. The van der Waals surface area contributed by atoms with Crippen molar-refractivity contribution in [2.45, 2.75) is 38.0 Å². The Kier molecular flexibility index (Phi) is 5.00. The predicted molar refractivity (Wildman–Crippen MR) is 60.7 cm³/mol. The van der Waals surface area contributed by atoms with Crippen LogP contribution < -0.4 is 5.32 Å². The molecule has 0 aliphatic rings. The van der Waals surface area contributed by atoms with Crippen LogP contribution in [0.4, 0.5) is 30.7 Å². The Morgan fingerprint density at radius 3 is 2.23 bits per heavy atom. The average molecular weight is 356 g/mol. The summed E-state index contributed by atoms with van der Waals surface area (Å²) in [6.07, 6.45) is -5.30. The van der Waals surface area contributed by atoms with Crippen LogP contribution in [0, 0.1) is 0 Å². The molecule has 22 heavy (non-hydrogen) atoms. The molecule has 0 bridgehead atoms. The minimum Gasteiger partial charge on any atom is -0.345 e. The van der Waals surface area contributed by atoms with E-state index in [4.69, 9.17) is 11.6 Å². The van der Waals surface area contributed by atoms with Crippen molar-refractivity contribution in [1.82, 2.24) is 15.1 Å². The molecule has 0 atom stereocenters. The van der Waals surface area contributed by atoms with Crippen LogP contribution in [-0.2, 0) is 17.9 Å². The monoisotopic (exact) mass is 355 g/mol. The molecule has 4 nitrogen and oxygen atoms in total. The van der Waals surface area contributed by atoms with E-state index in [9.17, 15) is 35.5 Å². The van der Waals surface area contributed by atoms with E-state index >= 15 is 0 Å². The third-order valence-corrected chi connectivity index (χ3v) is 2.88. The number of halogens is 8. The summed E-state index contributed by atoms with van der Waals surface area (Å²) in [4.78, 5) is 11.0. The summed E-state index contributed by atoms with van der Waals surface area (Å²) in [6.45, 7) is 1.17. The predicted octanol–water partition coefficient (Wildman–Crippen LogP) is 3.01.